The third-order valence-electron chi connectivity index (χ3n) is 4.31. The van der Waals surface area contributed by atoms with Crippen molar-refractivity contribution in [3.8, 4) is 0 Å². The maximum Gasteiger partial charge on any atom is 0.251 e. The van der Waals surface area contributed by atoms with Crippen LogP contribution in [0.15, 0.2) is 24.3 Å². The van der Waals surface area contributed by atoms with Crippen LogP contribution in [0.2, 0.25) is 5.02 Å². The average molecular weight is 388 g/mol. The van der Waals surface area contributed by atoms with Crippen LogP contribution in [0.3, 0.4) is 0 Å². The molecule has 3 unspecified atom stereocenters. The first-order valence-electron chi connectivity index (χ1n) is 8.47. The van der Waals surface area contributed by atoms with E-state index >= 15 is 0 Å². The number of halogens is 2. The molecule has 1 aromatic carbocycles. The third kappa shape index (κ3) is 6.49. The molecule has 1 aliphatic rings. The molecule has 1 saturated heterocycles. The zero-order valence-electron chi connectivity index (χ0n) is 14.8. The Labute approximate surface area is 160 Å². The molecule has 1 aliphatic heterocycles. The van der Waals surface area contributed by atoms with Crippen molar-refractivity contribution in [1.29, 1.82) is 0 Å². The number of piperidine rings is 1. The zero-order valence-corrected chi connectivity index (χ0v) is 16.4. The van der Waals surface area contributed by atoms with E-state index in [1.54, 1.807) is 24.3 Å². The Balaban J connectivity index is 0.00000312. The molecule has 2 amide bonds. The minimum atomic E-state index is -0.557. The van der Waals surface area contributed by atoms with Crippen molar-refractivity contribution in [2.75, 3.05) is 6.54 Å². The van der Waals surface area contributed by atoms with Gasteiger partial charge in [-0.25, -0.2) is 0 Å². The molecular weight excluding hydrogens is 361 g/mol. The number of amides is 2. The van der Waals surface area contributed by atoms with E-state index in [2.05, 4.69) is 22.9 Å². The predicted octanol–water partition coefficient (Wildman–Crippen LogP) is 2.77. The maximum atomic E-state index is 12.6. The van der Waals surface area contributed by atoms with E-state index in [0.29, 0.717) is 16.6 Å². The van der Waals surface area contributed by atoms with Crippen molar-refractivity contribution < 1.29 is 9.59 Å². The van der Waals surface area contributed by atoms with Gasteiger partial charge in [-0.2, -0.15) is 0 Å². The lowest BCUT2D eigenvalue weighted by atomic mass is 9.98. The van der Waals surface area contributed by atoms with Crippen molar-refractivity contribution in [3.05, 3.63) is 34.9 Å². The zero-order chi connectivity index (χ0) is 17.7. The van der Waals surface area contributed by atoms with Crippen LogP contribution in [0.5, 0.6) is 0 Å². The molecule has 0 aliphatic carbocycles. The average Bonchev–Trinajstić information content (AvgIpc) is 2.52. The maximum absolute atomic E-state index is 12.6. The summed E-state index contributed by atoms with van der Waals surface area (Å²) < 4.78 is 0. The second kappa shape index (κ2) is 10.00. The molecule has 140 valence electrons. The number of benzene rings is 1. The molecule has 0 saturated carbocycles. The number of carbonyl (C=O) groups excluding carboxylic acids is 2. The van der Waals surface area contributed by atoms with Crippen LogP contribution >= 0.6 is 24.0 Å². The quantitative estimate of drug-likeness (QED) is 0.727. The van der Waals surface area contributed by atoms with Gasteiger partial charge in [0.05, 0.1) is 0 Å². The Morgan fingerprint density at radius 2 is 1.88 bits per heavy atom. The summed E-state index contributed by atoms with van der Waals surface area (Å²) in [6.07, 6.45) is 1.81. The Morgan fingerprint density at radius 1 is 1.24 bits per heavy atom. The van der Waals surface area contributed by atoms with Gasteiger partial charge in [-0.15, -0.1) is 12.4 Å². The fourth-order valence-corrected chi connectivity index (χ4v) is 3.04. The Morgan fingerprint density at radius 3 is 2.44 bits per heavy atom. The first kappa shape index (κ1) is 21.7. The molecule has 2 rings (SSSR count). The van der Waals surface area contributed by atoms with E-state index in [9.17, 15) is 9.59 Å². The van der Waals surface area contributed by atoms with Gasteiger partial charge in [0.15, 0.2) is 0 Å². The van der Waals surface area contributed by atoms with Gasteiger partial charge in [-0.3, -0.25) is 9.59 Å². The van der Waals surface area contributed by atoms with Crippen LogP contribution in [0, 0.1) is 5.92 Å². The highest BCUT2D eigenvalue weighted by Crippen LogP contribution is 2.12. The van der Waals surface area contributed by atoms with Crippen molar-refractivity contribution in [3.63, 3.8) is 0 Å². The molecule has 3 atom stereocenters. The lowest BCUT2D eigenvalue weighted by Crippen LogP contribution is -2.54. The first-order chi connectivity index (χ1) is 11.4. The minimum Gasteiger partial charge on any atom is -0.351 e. The van der Waals surface area contributed by atoms with Crippen LogP contribution in [-0.4, -0.2) is 36.5 Å². The molecule has 3 N–H and O–H groups in total. The fourth-order valence-electron chi connectivity index (χ4n) is 2.91. The predicted molar refractivity (Wildman–Crippen MR) is 103 cm³/mol. The van der Waals surface area contributed by atoms with E-state index in [0.717, 1.165) is 19.4 Å². The standard InChI is InChI=1S/C18H26ClN3O2.ClH/c1-11(2)16(18(24)21-15-8-9-20-12(3)10-15)22-17(23)13-4-6-14(19)7-5-13;/h4-7,11-12,15-16,20H,8-10H2,1-3H3,(H,21,24)(H,22,23);1H. The molecule has 1 fully saturated rings. The highest BCUT2D eigenvalue weighted by Gasteiger charge is 2.28. The van der Waals surface area contributed by atoms with Gasteiger partial charge in [0.1, 0.15) is 6.04 Å². The molecule has 0 spiro atoms. The summed E-state index contributed by atoms with van der Waals surface area (Å²) in [6.45, 7) is 6.87. The van der Waals surface area contributed by atoms with E-state index < -0.39 is 6.04 Å². The molecule has 1 aromatic rings. The Hall–Kier alpha value is -1.30. The first-order valence-corrected chi connectivity index (χ1v) is 8.84. The van der Waals surface area contributed by atoms with Crippen LogP contribution in [0.4, 0.5) is 0 Å². The van der Waals surface area contributed by atoms with Gasteiger partial charge < -0.3 is 16.0 Å². The van der Waals surface area contributed by atoms with Gasteiger partial charge in [0.2, 0.25) is 5.91 Å². The van der Waals surface area contributed by atoms with Gasteiger partial charge in [-0.05, 0) is 56.5 Å². The second-order valence-electron chi connectivity index (χ2n) is 6.79. The number of carbonyl (C=O) groups is 2. The highest BCUT2D eigenvalue weighted by molar-refractivity contribution is 6.30. The molecule has 5 nitrogen and oxygen atoms in total. The van der Waals surface area contributed by atoms with Crippen molar-refractivity contribution in [2.24, 2.45) is 5.92 Å². The monoisotopic (exact) mass is 387 g/mol. The largest absolute Gasteiger partial charge is 0.351 e. The molecular formula is C18H27Cl2N3O2. The van der Waals surface area contributed by atoms with Crippen molar-refractivity contribution in [1.82, 2.24) is 16.0 Å². The minimum absolute atomic E-state index is 0. The van der Waals surface area contributed by atoms with E-state index in [1.807, 2.05) is 13.8 Å². The molecule has 7 heteroatoms. The van der Waals surface area contributed by atoms with Crippen LogP contribution < -0.4 is 16.0 Å². The van der Waals surface area contributed by atoms with Gasteiger partial charge >= 0.3 is 0 Å². The lowest BCUT2D eigenvalue weighted by Gasteiger charge is -2.31. The molecule has 0 radical (unpaired) electrons. The topological polar surface area (TPSA) is 70.2 Å². The Kier molecular flexibility index (Phi) is 8.69. The van der Waals surface area contributed by atoms with Crippen LogP contribution in [0.1, 0.15) is 44.0 Å². The van der Waals surface area contributed by atoms with Gasteiger partial charge in [0.25, 0.3) is 5.91 Å². The molecule has 25 heavy (non-hydrogen) atoms. The third-order valence-corrected chi connectivity index (χ3v) is 4.56. The fraction of sp³-hybridized carbons (Fsp3) is 0.556. The summed E-state index contributed by atoms with van der Waals surface area (Å²) in [5.74, 6) is -0.383. The van der Waals surface area contributed by atoms with Crippen molar-refractivity contribution >= 4 is 35.8 Å². The summed E-state index contributed by atoms with van der Waals surface area (Å²) in [6, 6.07) is 6.63. The van der Waals surface area contributed by atoms with E-state index in [-0.39, 0.29) is 36.2 Å². The van der Waals surface area contributed by atoms with E-state index in [1.165, 1.54) is 0 Å². The smallest absolute Gasteiger partial charge is 0.251 e. The molecule has 0 bridgehead atoms. The van der Waals surface area contributed by atoms with Crippen LogP contribution in [-0.2, 0) is 4.79 Å². The summed E-state index contributed by atoms with van der Waals surface area (Å²) >= 11 is 5.84. The summed E-state index contributed by atoms with van der Waals surface area (Å²) in [7, 11) is 0. The number of nitrogens with one attached hydrogen (secondary N) is 3. The highest BCUT2D eigenvalue weighted by atomic mass is 35.5. The van der Waals surface area contributed by atoms with Crippen LogP contribution in [0.25, 0.3) is 0 Å². The number of rotatable bonds is 5. The lowest BCUT2D eigenvalue weighted by molar-refractivity contribution is -0.124. The SMILES string of the molecule is CC1CC(NC(=O)C(NC(=O)c2ccc(Cl)cc2)C(C)C)CCN1.Cl. The number of hydrogen-bond acceptors (Lipinski definition) is 3. The number of hydrogen-bond donors (Lipinski definition) is 3. The van der Waals surface area contributed by atoms with Crippen molar-refractivity contribution in [2.45, 2.75) is 51.7 Å². The summed E-state index contributed by atoms with van der Waals surface area (Å²) in [5, 5.41) is 9.86. The Bertz CT molecular complexity index is 578. The van der Waals surface area contributed by atoms with Gasteiger partial charge in [-0.1, -0.05) is 25.4 Å². The summed E-state index contributed by atoms with van der Waals surface area (Å²) in [4.78, 5) is 25.0. The van der Waals surface area contributed by atoms with Gasteiger partial charge in [0, 0.05) is 22.7 Å². The summed E-state index contributed by atoms with van der Waals surface area (Å²) in [5.41, 5.74) is 0.494. The molecule has 0 aromatic heterocycles. The second-order valence-corrected chi connectivity index (χ2v) is 7.22. The normalized spacial score (nSPS) is 21.2. The van der Waals surface area contributed by atoms with E-state index in [4.69, 9.17) is 11.6 Å². The molecule has 1 heterocycles.